The number of amides is 1. The van der Waals surface area contributed by atoms with Gasteiger partial charge >= 0.3 is 0 Å². The van der Waals surface area contributed by atoms with E-state index < -0.39 is 5.91 Å². The number of hydrogen-bond donors (Lipinski definition) is 2. The number of aryl methyl sites for hydroxylation is 1. The summed E-state index contributed by atoms with van der Waals surface area (Å²) in [5.41, 5.74) is 7.18. The molecule has 3 N–H and O–H groups in total. The number of carbonyl (C=O) groups excluding carboxylic acids is 1. The molecule has 0 spiro atoms. The Labute approximate surface area is 146 Å². The number of aromatic nitrogens is 3. The third-order valence-corrected chi connectivity index (χ3v) is 3.78. The van der Waals surface area contributed by atoms with Crippen molar-refractivity contribution in [3.05, 3.63) is 52.0 Å². The number of nitrogens with one attached hydrogen (secondary N) is 1. The predicted octanol–water partition coefficient (Wildman–Crippen LogP) is 3.58. The second-order valence-corrected chi connectivity index (χ2v) is 5.71. The van der Waals surface area contributed by atoms with Crippen LogP contribution in [0.1, 0.15) is 16.1 Å². The summed E-state index contributed by atoms with van der Waals surface area (Å²) in [6.45, 7) is 1.63. The summed E-state index contributed by atoms with van der Waals surface area (Å²) in [7, 11) is 0. The van der Waals surface area contributed by atoms with Gasteiger partial charge in [-0.05, 0) is 25.1 Å². The Hall–Kier alpha value is -2.64. The van der Waals surface area contributed by atoms with E-state index in [9.17, 15) is 4.79 Å². The monoisotopic (exact) mass is 363 g/mol. The molecule has 0 aliphatic rings. The zero-order valence-electron chi connectivity index (χ0n) is 12.4. The summed E-state index contributed by atoms with van der Waals surface area (Å²) in [5.74, 6) is 0.283. The van der Waals surface area contributed by atoms with Crippen molar-refractivity contribution in [2.24, 2.45) is 0 Å². The van der Waals surface area contributed by atoms with Crippen molar-refractivity contribution in [3.63, 3.8) is 0 Å². The largest absolute Gasteiger partial charge is 0.382 e. The van der Waals surface area contributed by atoms with Gasteiger partial charge < -0.3 is 15.6 Å². The van der Waals surface area contributed by atoms with Crippen LogP contribution < -0.4 is 11.1 Å². The number of benzene rings is 1. The molecule has 0 unspecified atom stereocenters. The third-order valence-electron chi connectivity index (χ3n) is 3.22. The van der Waals surface area contributed by atoms with Crippen LogP contribution >= 0.6 is 23.2 Å². The molecule has 0 saturated carbocycles. The first kappa shape index (κ1) is 16.2. The minimum absolute atomic E-state index is 0.110. The Balaban J connectivity index is 1.89. The Bertz CT molecular complexity index is 926. The maximum atomic E-state index is 12.1. The highest BCUT2D eigenvalue weighted by molar-refractivity contribution is 6.35. The number of nitrogens with two attached hydrogens (primary N) is 1. The highest BCUT2D eigenvalue weighted by Crippen LogP contribution is 2.32. The van der Waals surface area contributed by atoms with Gasteiger partial charge in [-0.2, -0.15) is 0 Å². The minimum atomic E-state index is -0.420. The Morgan fingerprint density at radius 1 is 1.29 bits per heavy atom. The number of halogens is 2. The van der Waals surface area contributed by atoms with Crippen LogP contribution in [0.5, 0.6) is 0 Å². The maximum Gasteiger partial charge on any atom is 0.262 e. The highest BCUT2D eigenvalue weighted by atomic mass is 35.5. The zero-order chi connectivity index (χ0) is 17.3. The van der Waals surface area contributed by atoms with Crippen LogP contribution in [0.4, 0.5) is 11.6 Å². The third kappa shape index (κ3) is 3.17. The lowest BCUT2D eigenvalue weighted by Gasteiger charge is -2.09. The summed E-state index contributed by atoms with van der Waals surface area (Å²) < 4.78 is 4.85. The first-order valence-corrected chi connectivity index (χ1v) is 7.52. The fourth-order valence-electron chi connectivity index (χ4n) is 2.05. The first-order chi connectivity index (χ1) is 11.5. The lowest BCUT2D eigenvalue weighted by Crippen LogP contribution is -2.14. The van der Waals surface area contributed by atoms with E-state index in [2.05, 4.69) is 20.4 Å². The zero-order valence-corrected chi connectivity index (χ0v) is 13.9. The van der Waals surface area contributed by atoms with Gasteiger partial charge in [0.05, 0.1) is 17.4 Å². The second kappa shape index (κ2) is 6.46. The molecule has 0 atom stereocenters. The summed E-state index contributed by atoms with van der Waals surface area (Å²) in [5, 5.41) is 7.07. The average Bonchev–Trinajstić information content (AvgIpc) is 2.96. The van der Waals surface area contributed by atoms with E-state index >= 15 is 0 Å². The number of anilines is 2. The molecule has 7 nitrogen and oxygen atoms in total. The molecule has 0 bridgehead atoms. The fraction of sp³-hybridized carbons (Fsp3) is 0.0667. The first-order valence-electron chi connectivity index (χ1n) is 6.76. The van der Waals surface area contributed by atoms with E-state index in [-0.39, 0.29) is 11.6 Å². The molecule has 122 valence electrons. The van der Waals surface area contributed by atoms with Crippen molar-refractivity contribution in [2.75, 3.05) is 11.1 Å². The van der Waals surface area contributed by atoms with Crippen LogP contribution in [-0.4, -0.2) is 21.0 Å². The lowest BCUT2D eigenvalue weighted by molar-refractivity contribution is 0.102. The lowest BCUT2D eigenvalue weighted by atomic mass is 10.1. The second-order valence-electron chi connectivity index (χ2n) is 4.86. The number of nitrogen functional groups attached to an aromatic ring is 1. The molecule has 1 amide bonds. The van der Waals surface area contributed by atoms with Crippen molar-refractivity contribution in [2.45, 2.75) is 6.92 Å². The SMILES string of the molecule is Cc1oncc1C(=O)Nc1cnc(-c2cc(Cl)ccc2Cl)c(N)n1. The van der Waals surface area contributed by atoms with Crippen LogP contribution in [0.2, 0.25) is 10.0 Å². The van der Waals surface area contributed by atoms with Gasteiger partial charge in [0.25, 0.3) is 5.91 Å². The molecule has 0 saturated heterocycles. The minimum Gasteiger partial charge on any atom is -0.382 e. The molecular formula is C15H11Cl2N5O2. The van der Waals surface area contributed by atoms with E-state index in [1.165, 1.54) is 12.4 Å². The Morgan fingerprint density at radius 3 is 2.75 bits per heavy atom. The molecule has 3 aromatic rings. The molecule has 24 heavy (non-hydrogen) atoms. The molecule has 0 fully saturated rings. The molecule has 0 radical (unpaired) electrons. The van der Waals surface area contributed by atoms with Crippen molar-refractivity contribution in [1.82, 2.24) is 15.1 Å². The van der Waals surface area contributed by atoms with Crippen LogP contribution in [0.15, 0.2) is 35.1 Å². The molecule has 2 aromatic heterocycles. The number of hydrogen-bond acceptors (Lipinski definition) is 6. The molecular weight excluding hydrogens is 353 g/mol. The summed E-state index contributed by atoms with van der Waals surface area (Å²) >= 11 is 12.1. The topological polar surface area (TPSA) is 107 Å². The normalized spacial score (nSPS) is 10.6. The summed E-state index contributed by atoms with van der Waals surface area (Å²) in [4.78, 5) is 20.5. The predicted molar refractivity (Wildman–Crippen MR) is 91.1 cm³/mol. The molecule has 1 aromatic carbocycles. The van der Waals surface area contributed by atoms with Gasteiger partial charge in [-0.25, -0.2) is 9.97 Å². The van der Waals surface area contributed by atoms with Crippen LogP contribution in [-0.2, 0) is 0 Å². The maximum absolute atomic E-state index is 12.1. The molecule has 2 heterocycles. The number of nitrogens with zero attached hydrogens (tertiary/aromatic N) is 3. The van der Waals surface area contributed by atoms with Gasteiger partial charge in [0.2, 0.25) is 0 Å². The van der Waals surface area contributed by atoms with Crippen molar-refractivity contribution < 1.29 is 9.32 Å². The van der Waals surface area contributed by atoms with Crippen molar-refractivity contribution >= 4 is 40.7 Å². The van der Waals surface area contributed by atoms with Gasteiger partial charge in [0.15, 0.2) is 11.6 Å². The fourth-order valence-corrected chi connectivity index (χ4v) is 2.43. The number of carbonyl (C=O) groups is 1. The number of rotatable bonds is 3. The van der Waals surface area contributed by atoms with E-state index in [0.717, 1.165) is 0 Å². The molecule has 9 heteroatoms. The van der Waals surface area contributed by atoms with E-state index in [1.54, 1.807) is 25.1 Å². The van der Waals surface area contributed by atoms with Crippen LogP contribution in [0.25, 0.3) is 11.3 Å². The van der Waals surface area contributed by atoms with Gasteiger partial charge in [-0.1, -0.05) is 28.4 Å². The molecule has 0 aliphatic heterocycles. The van der Waals surface area contributed by atoms with Crippen LogP contribution in [0.3, 0.4) is 0 Å². The van der Waals surface area contributed by atoms with Gasteiger partial charge in [0.1, 0.15) is 17.0 Å². The van der Waals surface area contributed by atoms with E-state index in [0.29, 0.717) is 32.6 Å². The Morgan fingerprint density at radius 2 is 2.08 bits per heavy atom. The standard InChI is InChI=1S/C15H11Cl2N5O2/c1-7-10(5-20-24-7)15(23)22-12-6-19-13(14(18)21-12)9-4-8(16)2-3-11(9)17/h2-6H,1H3,(H3,18,21,22,23). The van der Waals surface area contributed by atoms with Gasteiger partial charge in [-0.3, -0.25) is 4.79 Å². The summed E-state index contributed by atoms with van der Waals surface area (Å²) in [6.07, 6.45) is 2.70. The van der Waals surface area contributed by atoms with E-state index in [1.807, 2.05) is 0 Å². The van der Waals surface area contributed by atoms with Crippen molar-refractivity contribution in [3.8, 4) is 11.3 Å². The quantitative estimate of drug-likeness (QED) is 0.736. The average molecular weight is 364 g/mol. The van der Waals surface area contributed by atoms with Crippen LogP contribution in [0, 0.1) is 6.92 Å². The highest BCUT2D eigenvalue weighted by Gasteiger charge is 2.16. The Kier molecular flexibility index (Phi) is 4.37. The van der Waals surface area contributed by atoms with E-state index in [4.69, 9.17) is 33.5 Å². The van der Waals surface area contributed by atoms with Gasteiger partial charge in [0, 0.05) is 10.6 Å². The van der Waals surface area contributed by atoms with Gasteiger partial charge in [-0.15, -0.1) is 0 Å². The van der Waals surface area contributed by atoms with Crippen molar-refractivity contribution in [1.29, 1.82) is 0 Å². The molecule has 0 aliphatic carbocycles. The summed E-state index contributed by atoms with van der Waals surface area (Å²) in [6, 6.07) is 4.95. The molecule has 3 rings (SSSR count). The smallest absolute Gasteiger partial charge is 0.262 e.